The molecule has 3 aromatic rings. The van der Waals surface area contributed by atoms with E-state index in [1.165, 1.54) is 12.1 Å². The number of furan rings is 1. The number of rotatable bonds is 6. The van der Waals surface area contributed by atoms with Crippen molar-refractivity contribution < 1.29 is 24.4 Å². The number of aliphatic hydroxyl groups is 2. The van der Waals surface area contributed by atoms with Crippen LogP contribution >= 0.6 is 0 Å². The first-order chi connectivity index (χ1) is 13.5. The smallest absolute Gasteiger partial charge is 0.244 e. The topological polar surface area (TPSA) is 142 Å². The predicted octanol–water partition coefficient (Wildman–Crippen LogP) is 1.82. The zero-order chi connectivity index (χ0) is 19.7. The van der Waals surface area contributed by atoms with E-state index in [4.69, 9.17) is 19.3 Å². The van der Waals surface area contributed by atoms with Gasteiger partial charge in [-0.1, -0.05) is 17.3 Å². The maximum Gasteiger partial charge on any atom is 0.244 e. The van der Waals surface area contributed by atoms with Crippen LogP contribution in [0.15, 0.2) is 45.3 Å². The van der Waals surface area contributed by atoms with E-state index in [-0.39, 0.29) is 29.4 Å². The molecule has 2 atom stereocenters. The van der Waals surface area contributed by atoms with Crippen molar-refractivity contribution in [3.8, 4) is 11.4 Å². The van der Waals surface area contributed by atoms with Crippen LogP contribution in [0.2, 0.25) is 0 Å². The average Bonchev–Trinajstić information content (AvgIpc) is 3.42. The maximum atomic E-state index is 11.1. The van der Waals surface area contributed by atoms with Crippen LogP contribution < -0.4 is 5.23 Å². The highest BCUT2D eigenvalue weighted by Gasteiger charge is 2.36. The molecule has 10 nitrogen and oxygen atoms in total. The van der Waals surface area contributed by atoms with E-state index >= 15 is 0 Å². The first-order valence-corrected chi connectivity index (χ1v) is 8.74. The molecule has 1 aromatic carbocycles. The highest BCUT2D eigenvalue weighted by Crippen LogP contribution is 2.34. The number of benzene rings is 1. The van der Waals surface area contributed by atoms with Crippen LogP contribution in [0, 0.1) is 5.21 Å². The molecule has 148 valence electrons. The molecule has 0 bridgehead atoms. The van der Waals surface area contributed by atoms with Gasteiger partial charge in [0, 0.05) is 12.1 Å². The second kappa shape index (κ2) is 7.70. The van der Waals surface area contributed by atoms with Gasteiger partial charge in [0.2, 0.25) is 11.7 Å². The molecule has 0 radical (unpaired) electrons. The summed E-state index contributed by atoms with van der Waals surface area (Å²) in [6.07, 6.45) is -0.111. The van der Waals surface area contributed by atoms with Crippen molar-refractivity contribution in [3.05, 3.63) is 59.0 Å². The van der Waals surface area contributed by atoms with E-state index in [0.717, 1.165) is 0 Å². The number of β-amino-alcohol motifs (C(OH)–C–C–N with tert-alkyl or cyclic N) is 1. The van der Waals surface area contributed by atoms with E-state index in [1.807, 2.05) is 4.90 Å². The summed E-state index contributed by atoms with van der Waals surface area (Å²) in [5.41, 5.74) is 0.574. The van der Waals surface area contributed by atoms with Crippen molar-refractivity contribution >= 4 is 5.69 Å². The van der Waals surface area contributed by atoms with Gasteiger partial charge < -0.3 is 29.6 Å². The summed E-state index contributed by atoms with van der Waals surface area (Å²) in [7, 11) is 0. The lowest BCUT2D eigenvalue weighted by Gasteiger charge is -2.21. The summed E-state index contributed by atoms with van der Waals surface area (Å²) in [5.74, 6) is 1.76. The summed E-state index contributed by atoms with van der Waals surface area (Å²) in [5, 5.41) is 43.1. The van der Waals surface area contributed by atoms with Crippen molar-refractivity contribution in [1.29, 1.82) is 0 Å². The van der Waals surface area contributed by atoms with Crippen molar-refractivity contribution in [3.63, 3.8) is 0 Å². The first-order valence-electron chi connectivity index (χ1n) is 8.74. The number of hydrogen-bond acceptors (Lipinski definition) is 10. The Bertz CT molecular complexity index is 940. The Balaban J connectivity index is 1.55. The molecule has 28 heavy (non-hydrogen) atoms. The van der Waals surface area contributed by atoms with E-state index in [2.05, 4.69) is 10.1 Å². The van der Waals surface area contributed by atoms with Crippen LogP contribution in [-0.4, -0.2) is 43.1 Å². The van der Waals surface area contributed by atoms with Gasteiger partial charge in [0.05, 0.1) is 24.4 Å². The lowest BCUT2D eigenvalue weighted by Crippen LogP contribution is -2.24. The molecule has 0 amide bonds. The average molecular weight is 387 g/mol. The van der Waals surface area contributed by atoms with Gasteiger partial charge in [-0.25, -0.2) is 0 Å². The minimum Gasteiger partial charge on any atom is -0.733 e. The van der Waals surface area contributed by atoms with E-state index in [9.17, 15) is 10.3 Å². The van der Waals surface area contributed by atoms with Gasteiger partial charge in [-0.2, -0.15) is 4.98 Å². The number of likely N-dealkylation sites (tertiary alicyclic amines) is 1. The van der Waals surface area contributed by atoms with Crippen LogP contribution in [-0.2, 0) is 13.2 Å². The zero-order valence-corrected chi connectivity index (χ0v) is 14.8. The molecular weight excluding hydrogens is 368 g/mol. The van der Waals surface area contributed by atoms with Gasteiger partial charge in [0.15, 0.2) is 0 Å². The molecule has 0 saturated carbocycles. The van der Waals surface area contributed by atoms with Gasteiger partial charge in [0.1, 0.15) is 18.1 Å². The van der Waals surface area contributed by atoms with Gasteiger partial charge >= 0.3 is 0 Å². The maximum absolute atomic E-state index is 11.1. The summed E-state index contributed by atoms with van der Waals surface area (Å²) in [6, 6.07) is 9.39. The van der Waals surface area contributed by atoms with E-state index in [1.54, 1.807) is 24.3 Å². The Morgan fingerprint density at radius 2 is 2.07 bits per heavy atom. The molecule has 3 N–H and O–H groups in total. The molecule has 10 heteroatoms. The van der Waals surface area contributed by atoms with Crippen LogP contribution in [0.5, 0.6) is 0 Å². The van der Waals surface area contributed by atoms with Gasteiger partial charge in [0.25, 0.3) is 0 Å². The highest BCUT2D eigenvalue weighted by atomic mass is 16.8. The predicted molar refractivity (Wildman–Crippen MR) is 95.8 cm³/mol. The lowest BCUT2D eigenvalue weighted by molar-refractivity contribution is 0.160. The fourth-order valence-electron chi connectivity index (χ4n) is 3.36. The minimum absolute atomic E-state index is 0.0549. The molecule has 1 fully saturated rings. The Morgan fingerprint density at radius 1 is 1.25 bits per heavy atom. The third-order valence-electron chi connectivity index (χ3n) is 4.67. The standard InChI is InChI=1S/C18H19N4O6/c23-10-15-5-4-14(27-15)9-21-8-13(24)7-16(21)18-19-17(20-28-18)11-2-1-3-12(6-11)22(25)26/h1-6,13,16,23-25H,7-10H2/q-1/t13-,16+/m1/s1. The second-order valence-electron chi connectivity index (χ2n) is 6.64. The van der Waals surface area contributed by atoms with Crippen molar-refractivity contribution in [2.45, 2.75) is 31.7 Å². The van der Waals surface area contributed by atoms with Crippen molar-refractivity contribution in [2.24, 2.45) is 0 Å². The fourth-order valence-corrected chi connectivity index (χ4v) is 3.36. The second-order valence-corrected chi connectivity index (χ2v) is 6.64. The van der Waals surface area contributed by atoms with Crippen molar-refractivity contribution in [1.82, 2.24) is 15.0 Å². The summed E-state index contributed by atoms with van der Waals surface area (Å²) < 4.78 is 10.9. The van der Waals surface area contributed by atoms with Gasteiger partial charge in [-0.3, -0.25) is 10.1 Å². The van der Waals surface area contributed by atoms with Crippen molar-refractivity contribution in [2.75, 3.05) is 11.8 Å². The molecule has 3 heterocycles. The van der Waals surface area contributed by atoms with Crippen LogP contribution in [0.1, 0.15) is 29.9 Å². The summed E-state index contributed by atoms with van der Waals surface area (Å²) >= 11 is 0. The molecule has 0 spiro atoms. The SMILES string of the molecule is [O-]N(O)c1cccc(-c2noc([C@@H]3C[C@@H](O)CN3Cc3ccc(CO)o3)n2)c1. The molecule has 0 unspecified atom stereocenters. The molecule has 1 aliphatic rings. The number of hydrogen-bond donors (Lipinski definition) is 3. The fraction of sp³-hybridized carbons (Fsp3) is 0.333. The van der Waals surface area contributed by atoms with E-state index < -0.39 is 6.10 Å². The largest absolute Gasteiger partial charge is 0.733 e. The Kier molecular flexibility index (Phi) is 5.11. The summed E-state index contributed by atoms with van der Waals surface area (Å²) in [6.45, 7) is 0.667. The Labute approximate surface area is 159 Å². The number of aromatic nitrogens is 2. The molecular formula is C18H19N4O6-. The van der Waals surface area contributed by atoms with E-state index in [0.29, 0.717) is 42.5 Å². The molecule has 1 saturated heterocycles. The van der Waals surface area contributed by atoms with Gasteiger partial charge in [-0.05, 0) is 30.7 Å². The normalized spacial score (nSPS) is 20.0. The number of nitrogens with zero attached hydrogens (tertiary/aromatic N) is 4. The third-order valence-corrected chi connectivity index (χ3v) is 4.67. The monoisotopic (exact) mass is 387 g/mol. The van der Waals surface area contributed by atoms with Crippen LogP contribution in [0.4, 0.5) is 5.69 Å². The number of aliphatic hydroxyl groups excluding tert-OH is 2. The van der Waals surface area contributed by atoms with Crippen LogP contribution in [0.25, 0.3) is 11.4 Å². The molecule has 2 aromatic heterocycles. The lowest BCUT2D eigenvalue weighted by atomic mass is 10.2. The molecule has 4 rings (SSSR count). The molecule has 1 aliphatic heterocycles. The van der Waals surface area contributed by atoms with Gasteiger partial charge in [-0.15, -0.1) is 0 Å². The minimum atomic E-state index is -0.542. The van der Waals surface area contributed by atoms with Crippen LogP contribution in [0.3, 0.4) is 0 Å². The highest BCUT2D eigenvalue weighted by molar-refractivity contribution is 5.62. The zero-order valence-electron chi connectivity index (χ0n) is 14.8. The molecule has 0 aliphatic carbocycles. The summed E-state index contributed by atoms with van der Waals surface area (Å²) in [4.78, 5) is 6.37. The Hall–Kier alpha value is -2.76. The first kappa shape index (κ1) is 18.6. The number of anilines is 1. The quantitative estimate of drug-likeness (QED) is 0.536. The Morgan fingerprint density at radius 3 is 2.82 bits per heavy atom. The third kappa shape index (κ3) is 3.77.